The highest BCUT2D eigenvalue weighted by Crippen LogP contribution is 2.40. The van der Waals surface area contributed by atoms with Crippen LogP contribution in [0.3, 0.4) is 0 Å². The molecule has 1 aliphatic heterocycles. The fraction of sp³-hybridized carbons (Fsp3) is 0.158. The predicted molar refractivity (Wildman–Crippen MR) is 89.7 cm³/mol. The number of ether oxygens (including phenoxy) is 2. The molecule has 0 spiro atoms. The molecule has 2 aromatic carbocycles. The van der Waals surface area contributed by atoms with Crippen LogP contribution in [-0.2, 0) is 4.79 Å². The van der Waals surface area contributed by atoms with Crippen molar-refractivity contribution in [3.63, 3.8) is 0 Å². The van der Waals surface area contributed by atoms with E-state index in [1.807, 2.05) is 42.5 Å². The number of hydrogen-bond acceptors (Lipinski definition) is 4. The summed E-state index contributed by atoms with van der Waals surface area (Å²) in [6, 6.07) is 14.7. The number of hydrogen-bond donors (Lipinski definition) is 1. The Kier molecular flexibility index (Phi) is 3.34. The smallest absolute Gasteiger partial charge is 0.312 e. The normalized spacial score (nSPS) is 16.5. The van der Waals surface area contributed by atoms with Crippen molar-refractivity contribution in [2.75, 3.05) is 7.11 Å². The van der Waals surface area contributed by atoms with Gasteiger partial charge in [-0.15, -0.1) is 0 Å². The molecule has 1 aliphatic rings. The lowest BCUT2D eigenvalue weighted by Gasteiger charge is -2.25. The van der Waals surface area contributed by atoms with Crippen LogP contribution in [0.4, 0.5) is 0 Å². The number of rotatable bonds is 2. The maximum absolute atomic E-state index is 12.6. The van der Waals surface area contributed by atoms with Crippen molar-refractivity contribution in [2.45, 2.75) is 12.3 Å². The van der Waals surface area contributed by atoms with Crippen LogP contribution in [0.2, 0.25) is 0 Å². The van der Waals surface area contributed by atoms with Crippen LogP contribution in [0, 0.1) is 0 Å². The van der Waals surface area contributed by atoms with Crippen molar-refractivity contribution in [3.05, 3.63) is 70.0 Å². The van der Waals surface area contributed by atoms with Gasteiger partial charge < -0.3 is 14.5 Å². The summed E-state index contributed by atoms with van der Waals surface area (Å²) in [5.74, 6) is 0.347. The first kappa shape index (κ1) is 14.5. The third kappa shape index (κ3) is 2.25. The van der Waals surface area contributed by atoms with E-state index in [1.165, 1.54) is 0 Å². The SMILES string of the molecule is COc1cccc([C@H]2CC(=O)Oc3c2c(=O)[nH]c2ccccc32)c1. The number of nitrogens with one attached hydrogen (secondary N) is 1. The van der Waals surface area contributed by atoms with Gasteiger partial charge in [-0.3, -0.25) is 9.59 Å². The largest absolute Gasteiger partial charge is 0.497 e. The first-order chi connectivity index (χ1) is 11.7. The van der Waals surface area contributed by atoms with Crippen molar-refractivity contribution >= 4 is 16.9 Å². The molecule has 0 saturated carbocycles. The zero-order valence-electron chi connectivity index (χ0n) is 13.0. The van der Waals surface area contributed by atoms with E-state index in [4.69, 9.17) is 9.47 Å². The number of fused-ring (bicyclic) bond motifs is 3. The van der Waals surface area contributed by atoms with Crippen LogP contribution in [0.15, 0.2) is 53.3 Å². The lowest BCUT2D eigenvalue weighted by atomic mass is 9.86. The van der Waals surface area contributed by atoms with Gasteiger partial charge in [0.1, 0.15) is 11.5 Å². The van der Waals surface area contributed by atoms with E-state index in [0.717, 1.165) is 10.9 Å². The van der Waals surface area contributed by atoms with Gasteiger partial charge in [0.15, 0.2) is 0 Å². The van der Waals surface area contributed by atoms with E-state index < -0.39 is 0 Å². The van der Waals surface area contributed by atoms with Gasteiger partial charge in [-0.05, 0) is 29.8 Å². The van der Waals surface area contributed by atoms with Gasteiger partial charge in [0, 0.05) is 11.3 Å². The van der Waals surface area contributed by atoms with E-state index in [0.29, 0.717) is 22.6 Å². The third-order valence-electron chi connectivity index (χ3n) is 4.34. The highest BCUT2D eigenvalue weighted by Gasteiger charge is 2.32. The summed E-state index contributed by atoms with van der Waals surface area (Å²) in [5.41, 5.74) is 1.76. The minimum absolute atomic E-state index is 0.127. The molecule has 0 radical (unpaired) electrons. The number of carbonyl (C=O) groups excluding carboxylic acids is 1. The van der Waals surface area contributed by atoms with E-state index >= 15 is 0 Å². The monoisotopic (exact) mass is 321 g/mol. The summed E-state index contributed by atoms with van der Waals surface area (Å²) in [6.07, 6.45) is 0.127. The van der Waals surface area contributed by atoms with Gasteiger partial charge in [0.05, 0.1) is 24.6 Å². The van der Waals surface area contributed by atoms with Gasteiger partial charge >= 0.3 is 5.97 Å². The van der Waals surface area contributed by atoms with Gasteiger partial charge in [-0.25, -0.2) is 0 Å². The second-order valence-electron chi connectivity index (χ2n) is 5.75. The molecular weight excluding hydrogens is 306 g/mol. The molecule has 1 aromatic heterocycles. The second-order valence-corrected chi connectivity index (χ2v) is 5.75. The number of para-hydroxylation sites is 1. The molecule has 120 valence electrons. The van der Waals surface area contributed by atoms with Crippen LogP contribution < -0.4 is 15.0 Å². The summed E-state index contributed by atoms with van der Waals surface area (Å²) in [7, 11) is 1.59. The number of carbonyl (C=O) groups is 1. The molecule has 24 heavy (non-hydrogen) atoms. The molecule has 0 amide bonds. The lowest BCUT2D eigenvalue weighted by Crippen LogP contribution is -2.28. The predicted octanol–water partition coefficient (Wildman–Crippen LogP) is 2.98. The Bertz CT molecular complexity index is 1010. The topological polar surface area (TPSA) is 68.4 Å². The van der Waals surface area contributed by atoms with E-state index in [1.54, 1.807) is 13.2 Å². The van der Waals surface area contributed by atoms with Gasteiger partial charge in [0.2, 0.25) is 0 Å². The number of esters is 1. The Hall–Kier alpha value is -3.08. The third-order valence-corrected chi connectivity index (χ3v) is 4.34. The summed E-state index contributed by atoms with van der Waals surface area (Å²) in [5, 5.41) is 0.730. The van der Waals surface area contributed by atoms with E-state index in [2.05, 4.69) is 4.98 Å². The summed E-state index contributed by atoms with van der Waals surface area (Å²) in [6.45, 7) is 0. The highest BCUT2D eigenvalue weighted by molar-refractivity contribution is 5.91. The summed E-state index contributed by atoms with van der Waals surface area (Å²) < 4.78 is 10.7. The van der Waals surface area contributed by atoms with Gasteiger partial charge in [0.25, 0.3) is 5.56 Å². The van der Waals surface area contributed by atoms with Gasteiger partial charge in [-0.1, -0.05) is 24.3 Å². The molecule has 4 rings (SSSR count). The van der Waals surface area contributed by atoms with Crippen molar-refractivity contribution in [1.82, 2.24) is 4.98 Å². The molecule has 3 aromatic rings. The molecule has 0 fully saturated rings. The highest BCUT2D eigenvalue weighted by atomic mass is 16.5. The molecule has 1 N–H and O–H groups in total. The van der Waals surface area contributed by atoms with Crippen LogP contribution in [0.1, 0.15) is 23.5 Å². The van der Waals surface area contributed by atoms with E-state index in [9.17, 15) is 9.59 Å². The first-order valence-corrected chi connectivity index (χ1v) is 7.67. The maximum Gasteiger partial charge on any atom is 0.312 e. The standard InChI is InChI=1S/C19H15NO4/c1-23-12-6-4-5-11(9-12)14-10-16(21)24-18-13-7-2-3-8-15(13)20-19(22)17(14)18/h2-9,14H,10H2,1H3,(H,20,22)/t14-/m1/s1. The Balaban J connectivity index is 1.98. The number of pyridine rings is 1. The van der Waals surface area contributed by atoms with Crippen molar-refractivity contribution < 1.29 is 14.3 Å². The lowest BCUT2D eigenvalue weighted by molar-refractivity contribution is -0.135. The molecule has 1 atom stereocenters. The van der Waals surface area contributed by atoms with Crippen LogP contribution in [0.5, 0.6) is 11.5 Å². The zero-order valence-corrected chi connectivity index (χ0v) is 13.0. The Morgan fingerprint density at radius 1 is 1.12 bits per heavy atom. The zero-order chi connectivity index (χ0) is 16.7. The van der Waals surface area contributed by atoms with Crippen molar-refractivity contribution in [1.29, 1.82) is 0 Å². The van der Waals surface area contributed by atoms with Crippen LogP contribution >= 0.6 is 0 Å². The maximum atomic E-state index is 12.6. The quantitative estimate of drug-likeness (QED) is 0.737. The number of benzene rings is 2. The summed E-state index contributed by atoms with van der Waals surface area (Å²) in [4.78, 5) is 27.7. The van der Waals surface area contributed by atoms with Crippen molar-refractivity contribution in [2.24, 2.45) is 0 Å². The molecule has 5 heteroatoms. The van der Waals surface area contributed by atoms with E-state index in [-0.39, 0.29) is 23.9 Å². The molecule has 5 nitrogen and oxygen atoms in total. The molecule has 0 unspecified atom stereocenters. The second kappa shape index (κ2) is 5.53. The Labute approximate surface area is 137 Å². The molecule has 2 heterocycles. The molecule has 0 saturated heterocycles. The minimum Gasteiger partial charge on any atom is -0.497 e. The fourth-order valence-electron chi connectivity index (χ4n) is 3.22. The number of aromatic nitrogens is 1. The van der Waals surface area contributed by atoms with Gasteiger partial charge in [-0.2, -0.15) is 0 Å². The minimum atomic E-state index is -0.357. The first-order valence-electron chi connectivity index (χ1n) is 7.67. The molecule has 0 aliphatic carbocycles. The Morgan fingerprint density at radius 2 is 1.96 bits per heavy atom. The molecule has 0 bridgehead atoms. The van der Waals surface area contributed by atoms with Crippen LogP contribution in [0.25, 0.3) is 10.9 Å². The Morgan fingerprint density at radius 3 is 2.79 bits per heavy atom. The van der Waals surface area contributed by atoms with Crippen LogP contribution in [-0.4, -0.2) is 18.1 Å². The average molecular weight is 321 g/mol. The fourth-order valence-corrected chi connectivity index (χ4v) is 3.22. The number of H-pyrrole nitrogens is 1. The molecular formula is C19H15NO4. The number of methoxy groups -OCH3 is 1. The van der Waals surface area contributed by atoms with Crippen molar-refractivity contribution in [3.8, 4) is 11.5 Å². The average Bonchev–Trinajstić information content (AvgIpc) is 2.61. The summed E-state index contributed by atoms with van der Waals surface area (Å²) >= 11 is 0. The number of aromatic amines is 1.